The number of para-hydroxylation sites is 1. The van der Waals surface area contributed by atoms with E-state index in [1.165, 1.54) is 6.08 Å². The van der Waals surface area contributed by atoms with Crippen molar-refractivity contribution in [3.05, 3.63) is 48.2 Å². The fraction of sp³-hybridized carbons (Fsp3) is 0.250. The first-order chi connectivity index (χ1) is 9.70. The van der Waals surface area contributed by atoms with Crippen LogP contribution in [0.5, 0.6) is 5.75 Å². The van der Waals surface area contributed by atoms with Gasteiger partial charge in [0.1, 0.15) is 17.9 Å². The lowest BCUT2D eigenvalue weighted by Crippen LogP contribution is -2.01. The maximum absolute atomic E-state index is 11.1. The maximum atomic E-state index is 11.1. The Balaban J connectivity index is 2.06. The van der Waals surface area contributed by atoms with Crippen LogP contribution in [0.1, 0.15) is 12.6 Å². The number of esters is 1. The van der Waals surface area contributed by atoms with Crippen molar-refractivity contribution in [3.63, 3.8) is 0 Å². The normalized spacial score (nSPS) is 10.9. The Bertz CT molecular complexity index is 635. The van der Waals surface area contributed by atoms with Crippen LogP contribution in [0, 0.1) is 6.92 Å². The molecule has 0 atom stereocenters. The van der Waals surface area contributed by atoms with Crippen molar-refractivity contribution in [1.29, 1.82) is 0 Å². The molecule has 4 nitrogen and oxygen atoms in total. The first-order valence-electron chi connectivity index (χ1n) is 6.53. The number of rotatable bonds is 5. The number of carbonyl (C=O) groups excluding carboxylic acids is 1. The van der Waals surface area contributed by atoms with Crippen LogP contribution in [-0.4, -0.2) is 24.2 Å². The predicted molar refractivity (Wildman–Crippen MR) is 77.7 cm³/mol. The average Bonchev–Trinajstić information content (AvgIpc) is 2.44. The Hall–Kier alpha value is -2.36. The third kappa shape index (κ3) is 3.57. The van der Waals surface area contributed by atoms with Gasteiger partial charge < -0.3 is 9.47 Å². The molecule has 0 radical (unpaired) electrons. The molecule has 0 saturated heterocycles. The minimum atomic E-state index is -0.358. The van der Waals surface area contributed by atoms with Crippen LogP contribution in [0.2, 0.25) is 0 Å². The zero-order valence-corrected chi connectivity index (χ0v) is 11.6. The molecule has 0 amide bonds. The molecule has 2 aromatic rings. The molecule has 2 rings (SSSR count). The van der Waals surface area contributed by atoms with Crippen LogP contribution in [0.4, 0.5) is 0 Å². The quantitative estimate of drug-likeness (QED) is 0.619. The fourth-order valence-corrected chi connectivity index (χ4v) is 1.81. The smallest absolute Gasteiger partial charge is 0.330 e. The zero-order chi connectivity index (χ0) is 14.4. The summed E-state index contributed by atoms with van der Waals surface area (Å²) in [5, 5.41) is 1.03. The Kier molecular flexibility index (Phi) is 4.71. The largest absolute Gasteiger partial charge is 0.487 e. The summed E-state index contributed by atoms with van der Waals surface area (Å²) in [7, 11) is 0. The third-order valence-corrected chi connectivity index (χ3v) is 2.70. The summed E-state index contributed by atoms with van der Waals surface area (Å²) in [5.74, 6) is 0.350. The van der Waals surface area contributed by atoms with Crippen molar-refractivity contribution >= 4 is 16.9 Å². The van der Waals surface area contributed by atoms with Gasteiger partial charge in [0.25, 0.3) is 0 Å². The van der Waals surface area contributed by atoms with Crippen LogP contribution in [-0.2, 0) is 9.53 Å². The van der Waals surface area contributed by atoms with Crippen molar-refractivity contribution in [2.24, 2.45) is 0 Å². The summed E-state index contributed by atoms with van der Waals surface area (Å²) in [5.41, 5.74) is 1.77. The molecule has 104 valence electrons. The second kappa shape index (κ2) is 6.70. The van der Waals surface area contributed by atoms with Crippen LogP contribution in [0.25, 0.3) is 10.9 Å². The van der Waals surface area contributed by atoms with Crippen molar-refractivity contribution in [2.75, 3.05) is 13.2 Å². The van der Waals surface area contributed by atoms with E-state index in [0.29, 0.717) is 19.0 Å². The standard InChI is InChI=1S/C16H17NO3/c1-3-19-15(18)8-5-11-20-14-7-4-6-13-10-9-12(2)17-16(13)14/h4-10H,3,11H2,1-2H3/b8-5+. The van der Waals surface area contributed by atoms with Crippen molar-refractivity contribution in [1.82, 2.24) is 4.98 Å². The predicted octanol–water partition coefficient (Wildman–Crippen LogP) is 3.04. The molecule has 1 aromatic carbocycles. The van der Waals surface area contributed by atoms with E-state index in [4.69, 9.17) is 9.47 Å². The average molecular weight is 271 g/mol. The Labute approximate surface area is 118 Å². The second-order valence-electron chi connectivity index (χ2n) is 4.25. The lowest BCUT2D eigenvalue weighted by molar-refractivity contribution is -0.137. The van der Waals surface area contributed by atoms with E-state index in [1.54, 1.807) is 13.0 Å². The van der Waals surface area contributed by atoms with Crippen LogP contribution < -0.4 is 4.74 Å². The summed E-state index contributed by atoms with van der Waals surface area (Å²) < 4.78 is 10.4. The molecule has 4 heteroatoms. The number of pyridine rings is 1. The summed E-state index contributed by atoms with van der Waals surface area (Å²) in [6, 6.07) is 9.76. The van der Waals surface area contributed by atoms with Gasteiger partial charge in [0.15, 0.2) is 0 Å². The van der Waals surface area contributed by atoms with Crippen LogP contribution in [0.3, 0.4) is 0 Å². The zero-order valence-electron chi connectivity index (χ0n) is 11.6. The number of carbonyl (C=O) groups is 1. The number of aromatic nitrogens is 1. The lowest BCUT2D eigenvalue weighted by Gasteiger charge is -2.07. The van der Waals surface area contributed by atoms with Gasteiger partial charge in [0.05, 0.1) is 6.61 Å². The summed E-state index contributed by atoms with van der Waals surface area (Å²) in [6.45, 7) is 4.38. The minimum Gasteiger partial charge on any atom is -0.487 e. The topological polar surface area (TPSA) is 48.4 Å². The van der Waals surface area contributed by atoms with E-state index in [-0.39, 0.29) is 5.97 Å². The summed E-state index contributed by atoms with van der Waals surface area (Å²) in [4.78, 5) is 15.6. The molecule has 0 N–H and O–H groups in total. The van der Waals surface area contributed by atoms with Gasteiger partial charge in [-0.2, -0.15) is 0 Å². The highest BCUT2D eigenvalue weighted by atomic mass is 16.5. The minimum absolute atomic E-state index is 0.299. The van der Waals surface area contributed by atoms with Crippen LogP contribution >= 0.6 is 0 Å². The third-order valence-electron chi connectivity index (χ3n) is 2.70. The second-order valence-corrected chi connectivity index (χ2v) is 4.25. The molecule has 0 saturated carbocycles. The number of hydrogen-bond acceptors (Lipinski definition) is 4. The molecule has 1 heterocycles. The molecule has 0 aliphatic carbocycles. The van der Waals surface area contributed by atoms with Gasteiger partial charge in [-0.05, 0) is 32.1 Å². The number of aryl methyl sites for hydroxylation is 1. The first kappa shape index (κ1) is 14.1. The van der Waals surface area contributed by atoms with Gasteiger partial charge >= 0.3 is 5.97 Å². The van der Waals surface area contributed by atoms with Gasteiger partial charge in [0, 0.05) is 17.2 Å². The number of fused-ring (bicyclic) bond motifs is 1. The van der Waals surface area contributed by atoms with Crippen molar-refractivity contribution < 1.29 is 14.3 Å². The molecular weight excluding hydrogens is 254 g/mol. The van der Waals surface area contributed by atoms with E-state index in [1.807, 2.05) is 37.3 Å². The van der Waals surface area contributed by atoms with Gasteiger partial charge in [-0.15, -0.1) is 0 Å². The van der Waals surface area contributed by atoms with Gasteiger partial charge in [-0.25, -0.2) is 9.78 Å². The molecule has 0 aliphatic heterocycles. The van der Waals surface area contributed by atoms with E-state index < -0.39 is 0 Å². The molecule has 0 unspecified atom stereocenters. The van der Waals surface area contributed by atoms with E-state index >= 15 is 0 Å². The van der Waals surface area contributed by atoms with Gasteiger partial charge in [-0.3, -0.25) is 0 Å². The van der Waals surface area contributed by atoms with Crippen molar-refractivity contribution in [3.8, 4) is 5.75 Å². The highest BCUT2D eigenvalue weighted by Crippen LogP contribution is 2.23. The number of ether oxygens (including phenoxy) is 2. The number of benzene rings is 1. The Morgan fingerprint density at radius 3 is 2.95 bits per heavy atom. The van der Waals surface area contributed by atoms with E-state index in [2.05, 4.69) is 4.98 Å². The number of nitrogens with zero attached hydrogens (tertiary/aromatic N) is 1. The molecule has 0 fully saturated rings. The monoisotopic (exact) mass is 271 g/mol. The molecule has 20 heavy (non-hydrogen) atoms. The Morgan fingerprint density at radius 2 is 2.15 bits per heavy atom. The SMILES string of the molecule is CCOC(=O)/C=C/COc1cccc2ccc(C)nc12. The van der Waals surface area contributed by atoms with Gasteiger partial charge in [0.2, 0.25) is 0 Å². The first-order valence-corrected chi connectivity index (χ1v) is 6.53. The molecule has 0 spiro atoms. The maximum Gasteiger partial charge on any atom is 0.330 e. The molecule has 0 aliphatic rings. The van der Waals surface area contributed by atoms with Crippen molar-refractivity contribution in [2.45, 2.75) is 13.8 Å². The summed E-state index contributed by atoms with van der Waals surface area (Å²) in [6.07, 6.45) is 3.00. The van der Waals surface area contributed by atoms with E-state index in [9.17, 15) is 4.79 Å². The highest BCUT2D eigenvalue weighted by Gasteiger charge is 2.03. The fourth-order valence-electron chi connectivity index (χ4n) is 1.81. The Morgan fingerprint density at radius 1 is 1.30 bits per heavy atom. The number of hydrogen-bond donors (Lipinski definition) is 0. The lowest BCUT2D eigenvalue weighted by atomic mass is 10.2. The van der Waals surface area contributed by atoms with E-state index in [0.717, 1.165) is 16.6 Å². The summed E-state index contributed by atoms with van der Waals surface area (Å²) >= 11 is 0. The van der Waals surface area contributed by atoms with Crippen LogP contribution in [0.15, 0.2) is 42.5 Å². The molecular formula is C16H17NO3. The highest BCUT2D eigenvalue weighted by molar-refractivity contribution is 5.84. The molecule has 0 bridgehead atoms. The van der Waals surface area contributed by atoms with Gasteiger partial charge in [-0.1, -0.05) is 18.2 Å². The molecule has 1 aromatic heterocycles.